The number of carbonyl (C=O) groups excluding carboxylic acids is 3. The largest absolute Gasteiger partial charge is 0.493 e. The molecule has 0 spiro atoms. The van der Waals surface area contributed by atoms with E-state index in [1.165, 1.54) is 5.56 Å². The molecule has 0 saturated carbocycles. The van der Waals surface area contributed by atoms with Gasteiger partial charge in [0.15, 0.2) is 23.1 Å². The summed E-state index contributed by atoms with van der Waals surface area (Å²) in [4.78, 5) is 48.4. The lowest BCUT2D eigenvalue weighted by molar-refractivity contribution is -0.130. The Bertz CT molecular complexity index is 1670. The number of methoxy groups -OCH3 is 1. The molecule has 4 aromatic rings. The summed E-state index contributed by atoms with van der Waals surface area (Å²) >= 11 is 0. The number of fused-ring (bicyclic) bond motifs is 1. The van der Waals surface area contributed by atoms with Gasteiger partial charge in [-0.15, -0.1) is 0 Å². The molecule has 5 rings (SSSR count). The lowest BCUT2D eigenvalue weighted by Crippen LogP contribution is -2.55. The molecule has 0 aliphatic carbocycles. The second-order valence-electron chi connectivity index (χ2n) is 12.1. The van der Waals surface area contributed by atoms with Gasteiger partial charge >= 0.3 is 0 Å². The fourth-order valence-corrected chi connectivity index (χ4v) is 6.56. The van der Waals surface area contributed by atoms with Crippen LogP contribution in [0.5, 0.6) is 11.5 Å². The van der Waals surface area contributed by atoms with Crippen LogP contribution in [0.25, 0.3) is 10.9 Å². The van der Waals surface area contributed by atoms with Gasteiger partial charge in [0.05, 0.1) is 36.9 Å². The number of likely N-dealkylation sites (N-methyl/N-ethyl adjacent to an activating group) is 1. The van der Waals surface area contributed by atoms with Crippen LogP contribution in [0.3, 0.4) is 0 Å². The van der Waals surface area contributed by atoms with Crippen LogP contribution in [-0.4, -0.2) is 65.7 Å². The monoisotopic (exact) mass is 621 g/mol. The lowest BCUT2D eigenvalue weighted by atomic mass is 9.96. The Hall–Kier alpha value is -4.56. The number of Topliss-reactive ketones (excluding diaryl/α,β-unsaturated/α-hetero) is 2. The third-order valence-corrected chi connectivity index (χ3v) is 8.72. The summed E-state index contributed by atoms with van der Waals surface area (Å²) in [6.45, 7) is 3.86. The van der Waals surface area contributed by atoms with E-state index in [4.69, 9.17) is 9.47 Å². The maximum atomic E-state index is 14.3. The summed E-state index contributed by atoms with van der Waals surface area (Å²) in [5.41, 5.74) is 3.35. The van der Waals surface area contributed by atoms with E-state index in [1.807, 2.05) is 67.3 Å². The van der Waals surface area contributed by atoms with Crippen molar-refractivity contribution >= 4 is 28.4 Å². The molecule has 1 amide bonds. The topological polar surface area (TPSA) is 97.8 Å². The fourth-order valence-electron chi connectivity index (χ4n) is 6.56. The number of hydrogen-bond acceptors (Lipinski definition) is 7. The number of ether oxygens (including phenoxy) is 2. The number of aromatic nitrogens is 1. The van der Waals surface area contributed by atoms with Crippen molar-refractivity contribution < 1.29 is 23.9 Å². The number of aryl methyl sites for hydroxylation is 1. The molecule has 8 nitrogen and oxygen atoms in total. The summed E-state index contributed by atoms with van der Waals surface area (Å²) in [5, 5.41) is 3.75. The number of pyridine rings is 1. The molecule has 46 heavy (non-hydrogen) atoms. The first kappa shape index (κ1) is 32.8. The summed E-state index contributed by atoms with van der Waals surface area (Å²) < 4.78 is 11.4. The zero-order chi connectivity index (χ0) is 32.6. The molecule has 8 heteroatoms. The van der Waals surface area contributed by atoms with Crippen molar-refractivity contribution in [2.75, 3.05) is 14.2 Å². The van der Waals surface area contributed by atoms with Gasteiger partial charge in [0.1, 0.15) is 0 Å². The first-order chi connectivity index (χ1) is 22.3. The highest BCUT2D eigenvalue weighted by Crippen LogP contribution is 2.35. The standard InChI is InChI=1S/C38H43N3O5/c1-25(2)46-35-20-17-28(24-36(35)45-4)37(43)32-19-18-31(34(42)23-27-21-22-40-30-15-9-8-14-29(27)30)41(32)33(38(44)39-3)16-10-13-26-11-6-5-7-12-26/h5-9,11-12,14-15,17,20-22,24-25,31-33H,10,13,16,18-19,23H2,1-4H3,(H,39,44)/t31?,32?,33-/m0/s1. The Balaban J connectivity index is 1.47. The first-order valence-corrected chi connectivity index (χ1v) is 16.1. The molecule has 0 bridgehead atoms. The normalized spacial score (nSPS) is 17.2. The number of hydrogen-bond donors (Lipinski definition) is 1. The van der Waals surface area contributed by atoms with Crippen LogP contribution >= 0.6 is 0 Å². The molecular weight excluding hydrogens is 578 g/mol. The molecule has 1 fully saturated rings. The van der Waals surface area contributed by atoms with E-state index in [1.54, 1.807) is 38.6 Å². The molecule has 3 atom stereocenters. The maximum absolute atomic E-state index is 14.3. The van der Waals surface area contributed by atoms with Crippen LogP contribution in [-0.2, 0) is 22.4 Å². The van der Waals surface area contributed by atoms with Gasteiger partial charge in [-0.25, -0.2) is 0 Å². The third-order valence-electron chi connectivity index (χ3n) is 8.72. The summed E-state index contributed by atoms with van der Waals surface area (Å²) in [7, 11) is 3.15. The van der Waals surface area contributed by atoms with E-state index >= 15 is 0 Å². The van der Waals surface area contributed by atoms with Crippen LogP contribution < -0.4 is 14.8 Å². The van der Waals surface area contributed by atoms with E-state index in [-0.39, 0.29) is 30.0 Å². The van der Waals surface area contributed by atoms with Gasteiger partial charge in [0.25, 0.3) is 0 Å². The molecule has 1 aliphatic rings. The molecule has 2 heterocycles. The number of amides is 1. The minimum Gasteiger partial charge on any atom is -0.493 e. The quantitative estimate of drug-likeness (QED) is 0.173. The van der Waals surface area contributed by atoms with Gasteiger partial charge in [0, 0.05) is 30.6 Å². The Labute approximate surface area is 271 Å². The van der Waals surface area contributed by atoms with Crippen LogP contribution in [0, 0.1) is 0 Å². The average molecular weight is 622 g/mol. The number of ketones is 2. The number of likely N-dealkylation sites (tertiary alicyclic amines) is 1. The number of nitrogens with one attached hydrogen (secondary N) is 1. The molecule has 3 aromatic carbocycles. The molecule has 0 radical (unpaired) electrons. The Morgan fingerprint density at radius 2 is 1.67 bits per heavy atom. The van der Waals surface area contributed by atoms with Crippen molar-refractivity contribution in [1.82, 2.24) is 15.2 Å². The molecule has 240 valence electrons. The molecule has 1 saturated heterocycles. The van der Waals surface area contributed by atoms with E-state index in [0.717, 1.165) is 29.3 Å². The SMILES string of the molecule is CNC(=O)[C@H](CCCc1ccccc1)N1C(C(=O)Cc2ccnc3ccccc23)CCC1C(=O)c1ccc(OC(C)C)c(OC)c1. The second kappa shape index (κ2) is 15.1. The number of para-hydroxylation sites is 1. The molecule has 1 aromatic heterocycles. The van der Waals surface area contributed by atoms with E-state index in [2.05, 4.69) is 22.4 Å². The van der Waals surface area contributed by atoms with Crippen LogP contribution in [0.2, 0.25) is 0 Å². The van der Waals surface area contributed by atoms with Crippen LogP contribution in [0.15, 0.2) is 85.1 Å². The van der Waals surface area contributed by atoms with Crippen LogP contribution in [0.4, 0.5) is 0 Å². The van der Waals surface area contributed by atoms with Crippen molar-refractivity contribution in [3.63, 3.8) is 0 Å². The lowest BCUT2D eigenvalue weighted by Gasteiger charge is -2.35. The van der Waals surface area contributed by atoms with Crippen molar-refractivity contribution in [3.05, 3.63) is 102 Å². The van der Waals surface area contributed by atoms with Gasteiger partial charge in [-0.05, 0) is 87.4 Å². The Morgan fingerprint density at radius 1 is 0.935 bits per heavy atom. The van der Waals surface area contributed by atoms with E-state index < -0.39 is 18.1 Å². The van der Waals surface area contributed by atoms with Gasteiger partial charge < -0.3 is 14.8 Å². The highest BCUT2D eigenvalue weighted by atomic mass is 16.5. The molecule has 1 aliphatic heterocycles. The summed E-state index contributed by atoms with van der Waals surface area (Å²) in [6.07, 6.45) is 4.81. The van der Waals surface area contributed by atoms with E-state index in [9.17, 15) is 14.4 Å². The van der Waals surface area contributed by atoms with E-state index in [0.29, 0.717) is 36.3 Å². The second-order valence-corrected chi connectivity index (χ2v) is 12.1. The Morgan fingerprint density at radius 3 is 2.41 bits per heavy atom. The van der Waals surface area contributed by atoms with Gasteiger partial charge in [-0.1, -0.05) is 48.5 Å². The van der Waals surface area contributed by atoms with Crippen molar-refractivity contribution in [2.24, 2.45) is 0 Å². The number of rotatable bonds is 14. The Kier molecular flexibility index (Phi) is 10.8. The third kappa shape index (κ3) is 7.45. The zero-order valence-electron chi connectivity index (χ0n) is 27.1. The highest BCUT2D eigenvalue weighted by molar-refractivity contribution is 6.02. The first-order valence-electron chi connectivity index (χ1n) is 16.1. The smallest absolute Gasteiger partial charge is 0.237 e. The summed E-state index contributed by atoms with van der Waals surface area (Å²) in [5.74, 6) is 0.669. The predicted octanol–water partition coefficient (Wildman–Crippen LogP) is 6.00. The van der Waals surface area contributed by atoms with Crippen LogP contribution in [0.1, 0.15) is 61.0 Å². The maximum Gasteiger partial charge on any atom is 0.237 e. The average Bonchev–Trinajstić information content (AvgIpc) is 3.51. The number of nitrogens with zero attached hydrogens (tertiary/aromatic N) is 2. The van der Waals surface area contributed by atoms with Crippen molar-refractivity contribution in [3.8, 4) is 11.5 Å². The minimum atomic E-state index is -0.654. The minimum absolute atomic E-state index is 0.0122. The zero-order valence-corrected chi connectivity index (χ0v) is 27.1. The highest BCUT2D eigenvalue weighted by Gasteiger charge is 2.46. The van der Waals surface area contributed by atoms with Gasteiger partial charge in [-0.3, -0.25) is 24.3 Å². The number of carbonyl (C=O) groups is 3. The number of benzene rings is 3. The molecule has 1 N–H and O–H groups in total. The van der Waals surface area contributed by atoms with Crippen molar-refractivity contribution in [1.29, 1.82) is 0 Å². The molecular formula is C38H43N3O5. The van der Waals surface area contributed by atoms with Gasteiger partial charge in [-0.2, -0.15) is 0 Å². The summed E-state index contributed by atoms with van der Waals surface area (Å²) in [6, 6.07) is 23.1. The molecule has 2 unspecified atom stereocenters. The predicted molar refractivity (Wildman–Crippen MR) is 179 cm³/mol. The fraction of sp³-hybridized carbons (Fsp3) is 0.368. The van der Waals surface area contributed by atoms with Crippen molar-refractivity contribution in [2.45, 2.75) is 76.6 Å². The van der Waals surface area contributed by atoms with Gasteiger partial charge in [0.2, 0.25) is 5.91 Å².